The molecule has 1 amide bonds. The highest BCUT2D eigenvalue weighted by Gasteiger charge is 2.28. The van der Waals surface area contributed by atoms with Crippen molar-refractivity contribution in [2.75, 3.05) is 0 Å². The van der Waals surface area contributed by atoms with Gasteiger partial charge in [0.1, 0.15) is 11.4 Å². The van der Waals surface area contributed by atoms with E-state index < -0.39 is 23.6 Å². The van der Waals surface area contributed by atoms with Crippen LogP contribution in [0.3, 0.4) is 0 Å². The van der Waals surface area contributed by atoms with Crippen LogP contribution in [-0.4, -0.2) is 36.6 Å². The predicted octanol–water partition coefficient (Wildman–Crippen LogP) is 2.71. The lowest BCUT2D eigenvalue weighted by Gasteiger charge is -2.23. The summed E-state index contributed by atoms with van der Waals surface area (Å²) in [6.07, 6.45) is 0.990. The van der Waals surface area contributed by atoms with Crippen LogP contribution < -0.4 is 16.6 Å². The topological polar surface area (TPSA) is 125 Å². The Bertz CT molecular complexity index is 1360. The van der Waals surface area contributed by atoms with Gasteiger partial charge in [-0.05, 0) is 37.8 Å². The number of nitrogens with zero attached hydrogens (tertiary/aromatic N) is 5. The second-order valence-corrected chi connectivity index (χ2v) is 8.53. The van der Waals surface area contributed by atoms with Gasteiger partial charge in [0, 0.05) is 44.2 Å². The Kier molecular flexibility index (Phi) is 7.81. The standard InChI is InChI=1S/C24H26F2N6O4/c1-15-14-16-20(21(33)28-15)31(12-6-3-9-18(25)26)24(35)32(23(16)34)13-7-4-10-19-29-22(36-30-19)17-8-2-5-11-27-17/h2,5,8,11,18H,1,3-4,6-7,9-10,12-14H2,(H,28,33). The normalized spacial score (nSPS) is 13.2. The largest absolute Gasteiger partial charge is 0.332 e. The molecule has 3 aromatic rings. The lowest BCUT2D eigenvalue weighted by atomic mass is 10.0. The minimum Gasteiger partial charge on any atom is -0.332 e. The third-order valence-electron chi connectivity index (χ3n) is 5.85. The van der Waals surface area contributed by atoms with E-state index in [9.17, 15) is 23.2 Å². The van der Waals surface area contributed by atoms with Crippen molar-refractivity contribution in [2.45, 2.75) is 64.5 Å². The minimum absolute atomic E-state index is 0.0143. The van der Waals surface area contributed by atoms with Crippen LogP contribution in [-0.2, 0) is 25.9 Å². The quantitative estimate of drug-likeness (QED) is 0.401. The average molecular weight is 501 g/mol. The molecular formula is C24H26F2N6O4. The number of pyridine rings is 1. The molecule has 0 aromatic carbocycles. The summed E-state index contributed by atoms with van der Waals surface area (Å²) in [7, 11) is 0. The summed E-state index contributed by atoms with van der Waals surface area (Å²) in [5, 5.41) is 6.50. The van der Waals surface area contributed by atoms with Gasteiger partial charge < -0.3 is 9.84 Å². The predicted molar refractivity (Wildman–Crippen MR) is 126 cm³/mol. The van der Waals surface area contributed by atoms with Crippen LogP contribution in [0.4, 0.5) is 8.78 Å². The molecule has 36 heavy (non-hydrogen) atoms. The van der Waals surface area contributed by atoms with Gasteiger partial charge in [0.2, 0.25) is 6.43 Å². The third-order valence-corrected chi connectivity index (χ3v) is 5.85. The molecule has 0 radical (unpaired) electrons. The van der Waals surface area contributed by atoms with Crippen LogP contribution in [0, 0.1) is 0 Å². The number of rotatable bonds is 11. The smallest absolute Gasteiger partial charge is 0.331 e. The van der Waals surface area contributed by atoms with E-state index in [1.807, 2.05) is 6.07 Å². The zero-order chi connectivity index (χ0) is 25.7. The Hall–Kier alpha value is -3.96. The number of hydrogen-bond donors (Lipinski definition) is 1. The second-order valence-electron chi connectivity index (χ2n) is 8.53. The number of nitrogens with one attached hydrogen (secondary N) is 1. The van der Waals surface area contributed by atoms with Crippen molar-refractivity contribution in [1.82, 2.24) is 29.6 Å². The summed E-state index contributed by atoms with van der Waals surface area (Å²) in [6, 6.07) is 5.35. The van der Waals surface area contributed by atoms with Crippen LogP contribution >= 0.6 is 0 Å². The van der Waals surface area contributed by atoms with Gasteiger partial charge >= 0.3 is 5.69 Å². The first kappa shape index (κ1) is 25.1. The van der Waals surface area contributed by atoms with E-state index in [1.54, 1.807) is 18.3 Å². The fourth-order valence-corrected chi connectivity index (χ4v) is 4.13. The number of amides is 1. The van der Waals surface area contributed by atoms with Gasteiger partial charge in [-0.2, -0.15) is 4.98 Å². The molecule has 10 nitrogen and oxygen atoms in total. The molecule has 1 aliphatic rings. The molecule has 0 saturated carbocycles. The highest BCUT2D eigenvalue weighted by molar-refractivity contribution is 5.96. The second kappa shape index (κ2) is 11.2. The summed E-state index contributed by atoms with van der Waals surface area (Å²) in [5.74, 6) is 0.208. The summed E-state index contributed by atoms with van der Waals surface area (Å²) in [5.41, 5.74) is -0.0614. The van der Waals surface area contributed by atoms with Crippen molar-refractivity contribution >= 4 is 5.91 Å². The fourth-order valence-electron chi connectivity index (χ4n) is 4.13. The minimum atomic E-state index is -2.43. The van der Waals surface area contributed by atoms with Gasteiger partial charge in [0.15, 0.2) is 5.82 Å². The zero-order valence-electron chi connectivity index (χ0n) is 19.6. The zero-order valence-corrected chi connectivity index (χ0v) is 19.6. The summed E-state index contributed by atoms with van der Waals surface area (Å²) < 4.78 is 32.6. The van der Waals surface area contributed by atoms with Gasteiger partial charge in [0.05, 0.1) is 5.56 Å². The number of alkyl halides is 2. The lowest BCUT2D eigenvalue weighted by molar-refractivity contribution is 0.0944. The molecular weight excluding hydrogens is 474 g/mol. The van der Waals surface area contributed by atoms with Crippen molar-refractivity contribution in [3.63, 3.8) is 0 Å². The number of carbonyl (C=O) groups excluding carboxylic acids is 1. The SMILES string of the molecule is C=C1Cc2c(n(CCCCC(F)F)c(=O)n(CCCCc3noc(-c4ccccn4)n3)c2=O)C(=O)N1. The van der Waals surface area contributed by atoms with Crippen LogP contribution in [0.25, 0.3) is 11.6 Å². The maximum atomic E-state index is 13.2. The van der Waals surface area contributed by atoms with E-state index in [0.717, 1.165) is 4.57 Å². The maximum Gasteiger partial charge on any atom is 0.331 e. The molecule has 0 atom stereocenters. The fraction of sp³-hybridized carbons (Fsp3) is 0.417. The molecule has 4 heterocycles. The van der Waals surface area contributed by atoms with Gasteiger partial charge in [-0.1, -0.05) is 17.8 Å². The number of hydrogen-bond acceptors (Lipinski definition) is 7. The molecule has 0 spiro atoms. The molecule has 3 aromatic heterocycles. The van der Waals surface area contributed by atoms with E-state index in [2.05, 4.69) is 27.0 Å². The Labute approximate surface area is 204 Å². The number of fused-ring (bicyclic) bond motifs is 1. The first-order valence-electron chi connectivity index (χ1n) is 11.7. The lowest BCUT2D eigenvalue weighted by Crippen LogP contribution is -2.48. The van der Waals surface area contributed by atoms with Gasteiger partial charge in [-0.3, -0.25) is 23.7 Å². The number of aryl methyl sites for hydroxylation is 1. The van der Waals surface area contributed by atoms with E-state index in [1.165, 1.54) is 4.57 Å². The molecule has 190 valence electrons. The molecule has 0 unspecified atom stereocenters. The van der Waals surface area contributed by atoms with Crippen molar-refractivity contribution in [3.05, 3.63) is 74.6 Å². The highest BCUT2D eigenvalue weighted by atomic mass is 19.3. The maximum absolute atomic E-state index is 13.2. The van der Waals surface area contributed by atoms with Crippen molar-refractivity contribution in [2.24, 2.45) is 0 Å². The average Bonchev–Trinajstić information content (AvgIpc) is 3.32. The number of allylic oxidation sites excluding steroid dienone is 1. The molecule has 0 fully saturated rings. The van der Waals surface area contributed by atoms with E-state index in [4.69, 9.17) is 4.52 Å². The summed E-state index contributed by atoms with van der Waals surface area (Å²) in [6.45, 7) is 3.92. The summed E-state index contributed by atoms with van der Waals surface area (Å²) >= 11 is 0. The van der Waals surface area contributed by atoms with E-state index in [-0.39, 0.29) is 50.0 Å². The van der Waals surface area contributed by atoms with E-state index >= 15 is 0 Å². The van der Waals surface area contributed by atoms with Crippen molar-refractivity contribution in [1.29, 1.82) is 0 Å². The van der Waals surface area contributed by atoms with Gasteiger partial charge in [-0.15, -0.1) is 0 Å². The molecule has 0 saturated heterocycles. The summed E-state index contributed by atoms with van der Waals surface area (Å²) in [4.78, 5) is 47.3. The van der Waals surface area contributed by atoms with Gasteiger partial charge in [0.25, 0.3) is 17.4 Å². The molecule has 1 aliphatic heterocycles. The first-order valence-corrected chi connectivity index (χ1v) is 11.7. The van der Waals surface area contributed by atoms with Gasteiger partial charge in [-0.25, -0.2) is 13.6 Å². The Balaban J connectivity index is 1.48. The molecule has 4 rings (SSSR count). The molecule has 0 aliphatic carbocycles. The number of unbranched alkanes of at least 4 members (excludes halogenated alkanes) is 2. The molecule has 1 N–H and O–H groups in total. The Morgan fingerprint density at radius 2 is 1.86 bits per heavy atom. The Morgan fingerprint density at radius 1 is 1.08 bits per heavy atom. The third kappa shape index (κ3) is 5.64. The van der Waals surface area contributed by atoms with Crippen LogP contribution in [0.2, 0.25) is 0 Å². The van der Waals surface area contributed by atoms with Crippen molar-refractivity contribution in [3.8, 4) is 11.6 Å². The Morgan fingerprint density at radius 3 is 2.61 bits per heavy atom. The monoisotopic (exact) mass is 500 g/mol. The number of aromatic nitrogens is 5. The van der Waals surface area contributed by atoms with Crippen LogP contribution in [0.5, 0.6) is 0 Å². The van der Waals surface area contributed by atoms with E-state index in [0.29, 0.717) is 42.4 Å². The first-order chi connectivity index (χ1) is 17.3. The number of carbonyl (C=O) groups is 1. The van der Waals surface area contributed by atoms with Crippen LogP contribution in [0.1, 0.15) is 54.0 Å². The number of halogens is 2. The molecule has 0 bridgehead atoms. The van der Waals surface area contributed by atoms with Crippen molar-refractivity contribution < 1.29 is 18.1 Å². The highest BCUT2D eigenvalue weighted by Crippen LogP contribution is 2.16. The van der Waals surface area contributed by atoms with Crippen LogP contribution in [0.15, 0.2) is 50.8 Å². The molecule has 12 heteroatoms.